The topological polar surface area (TPSA) is 41.6 Å². The lowest BCUT2D eigenvalue weighted by Crippen LogP contribution is -2.02. The molecule has 0 aliphatic heterocycles. The first kappa shape index (κ1) is 9.26. The van der Waals surface area contributed by atoms with Crippen LogP contribution in [0.1, 0.15) is 42.9 Å². The van der Waals surface area contributed by atoms with Crippen molar-refractivity contribution in [3.05, 3.63) is 17.2 Å². The van der Waals surface area contributed by atoms with Crippen molar-refractivity contribution >= 4 is 0 Å². The second-order valence-corrected chi connectivity index (χ2v) is 3.86. The number of hydrogen-bond donors (Lipinski definition) is 0. The van der Waals surface area contributed by atoms with E-state index in [0.29, 0.717) is 12.3 Å². The second kappa shape index (κ2) is 3.45. The van der Waals surface area contributed by atoms with Gasteiger partial charge in [0, 0.05) is 18.2 Å². The van der Waals surface area contributed by atoms with E-state index in [-0.39, 0.29) is 0 Å². The van der Waals surface area contributed by atoms with Gasteiger partial charge >= 0.3 is 0 Å². The Labute approximate surface area is 84.4 Å². The van der Waals surface area contributed by atoms with Crippen LogP contribution in [0.25, 0.3) is 0 Å². The zero-order valence-electron chi connectivity index (χ0n) is 8.75. The molecule has 0 atom stereocenters. The van der Waals surface area contributed by atoms with Crippen molar-refractivity contribution < 1.29 is 0 Å². The number of rotatable bonds is 3. The Balaban J connectivity index is 2.39. The molecule has 1 fully saturated rings. The molecular formula is C11H15N3. The molecule has 1 saturated carbocycles. The largest absolute Gasteiger partial charge is 0.332 e. The maximum absolute atomic E-state index is 8.67. The van der Waals surface area contributed by atoms with Gasteiger partial charge < -0.3 is 4.57 Å². The molecule has 1 aliphatic carbocycles. The average Bonchev–Trinajstić information content (AvgIpc) is 2.95. The van der Waals surface area contributed by atoms with Gasteiger partial charge in [0.15, 0.2) is 0 Å². The molecule has 3 heteroatoms. The summed E-state index contributed by atoms with van der Waals surface area (Å²) in [4.78, 5) is 4.57. The van der Waals surface area contributed by atoms with Crippen molar-refractivity contribution in [1.82, 2.24) is 9.55 Å². The lowest BCUT2D eigenvalue weighted by Gasteiger charge is -2.04. The zero-order chi connectivity index (χ0) is 10.1. The van der Waals surface area contributed by atoms with Gasteiger partial charge in [-0.3, -0.25) is 0 Å². The quantitative estimate of drug-likeness (QED) is 0.731. The summed E-state index contributed by atoms with van der Waals surface area (Å²) >= 11 is 0. The average molecular weight is 189 g/mol. The molecule has 14 heavy (non-hydrogen) atoms. The zero-order valence-corrected chi connectivity index (χ0v) is 8.75. The smallest absolute Gasteiger partial charge is 0.112 e. The first-order valence-corrected chi connectivity index (χ1v) is 5.20. The highest BCUT2D eigenvalue weighted by molar-refractivity contribution is 5.22. The fraction of sp³-hybridized carbons (Fsp3) is 0.636. The molecular weight excluding hydrogens is 174 g/mol. The minimum absolute atomic E-state index is 0.443. The van der Waals surface area contributed by atoms with Crippen molar-refractivity contribution in [1.29, 1.82) is 5.26 Å². The third-order valence-corrected chi connectivity index (χ3v) is 2.85. The Kier molecular flexibility index (Phi) is 2.28. The lowest BCUT2D eigenvalue weighted by atomic mass is 10.3. The van der Waals surface area contributed by atoms with Crippen molar-refractivity contribution in [2.75, 3.05) is 0 Å². The Morgan fingerprint density at radius 1 is 1.57 bits per heavy atom. The van der Waals surface area contributed by atoms with Gasteiger partial charge in [0.25, 0.3) is 0 Å². The first-order valence-electron chi connectivity index (χ1n) is 5.20. The van der Waals surface area contributed by atoms with Gasteiger partial charge in [-0.1, -0.05) is 0 Å². The summed E-state index contributed by atoms with van der Waals surface area (Å²) in [6, 6.07) is 2.17. The lowest BCUT2D eigenvalue weighted by molar-refractivity contribution is 0.682. The first-order chi connectivity index (χ1) is 6.77. The molecule has 0 amide bonds. The molecule has 0 spiro atoms. The fourth-order valence-corrected chi connectivity index (χ4v) is 1.90. The van der Waals surface area contributed by atoms with Crippen LogP contribution in [0.3, 0.4) is 0 Å². The number of aromatic nitrogens is 2. The van der Waals surface area contributed by atoms with Crippen LogP contribution in [0.2, 0.25) is 0 Å². The van der Waals surface area contributed by atoms with Gasteiger partial charge in [-0.15, -0.1) is 0 Å². The second-order valence-electron chi connectivity index (χ2n) is 3.86. The van der Waals surface area contributed by atoms with Crippen molar-refractivity contribution in [2.24, 2.45) is 0 Å². The minimum atomic E-state index is 0.443. The fourth-order valence-electron chi connectivity index (χ4n) is 1.90. The highest BCUT2D eigenvalue weighted by Crippen LogP contribution is 2.40. The third-order valence-electron chi connectivity index (χ3n) is 2.85. The molecule has 0 bridgehead atoms. The maximum atomic E-state index is 8.67. The van der Waals surface area contributed by atoms with E-state index in [1.807, 2.05) is 0 Å². The minimum Gasteiger partial charge on any atom is -0.332 e. The Hall–Kier alpha value is -1.30. The van der Waals surface area contributed by atoms with Gasteiger partial charge in [-0.2, -0.15) is 5.26 Å². The summed E-state index contributed by atoms with van der Waals surface area (Å²) in [5, 5.41) is 8.67. The van der Waals surface area contributed by atoms with Crippen LogP contribution >= 0.6 is 0 Å². The van der Waals surface area contributed by atoms with Crippen molar-refractivity contribution in [3.8, 4) is 6.07 Å². The van der Waals surface area contributed by atoms with Crippen LogP contribution in [0.5, 0.6) is 0 Å². The van der Waals surface area contributed by atoms with Crippen LogP contribution in [0.4, 0.5) is 0 Å². The molecule has 2 rings (SSSR count). The van der Waals surface area contributed by atoms with E-state index in [4.69, 9.17) is 5.26 Å². The SMILES string of the molecule is CCn1c(C2CC2)nc(CC#N)c1C. The van der Waals surface area contributed by atoms with Gasteiger partial charge in [0.05, 0.1) is 18.2 Å². The van der Waals surface area contributed by atoms with E-state index in [9.17, 15) is 0 Å². The van der Waals surface area contributed by atoms with Crippen molar-refractivity contribution in [2.45, 2.75) is 45.6 Å². The molecule has 0 saturated heterocycles. The summed E-state index contributed by atoms with van der Waals surface area (Å²) in [5.74, 6) is 1.87. The van der Waals surface area contributed by atoms with E-state index < -0.39 is 0 Å². The maximum Gasteiger partial charge on any atom is 0.112 e. The van der Waals surface area contributed by atoms with E-state index in [2.05, 4.69) is 29.5 Å². The Morgan fingerprint density at radius 2 is 2.29 bits per heavy atom. The molecule has 1 aromatic rings. The molecule has 1 aliphatic rings. The molecule has 0 radical (unpaired) electrons. The summed E-state index contributed by atoms with van der Waals surface area (Å²) < 4.78 is 2.25. The predicted molar refractivity (Wildman–Crippen MR) is 53.9 cm³/mol. The predicted octanol–water partition coefficient (Wildman–Crippen LogP) is 2.15. The Bertz CT molecular complexity index is 380. The van der Waals surface area contributed by atoms with Crippen LogP contribution in [0, 0.1) is 18.3 Å². The monoisotopic (exact) mass is 189 g/mol. The molecule has 74 valence electrons. The molecule has 0 aromatic carbocycles. The summed E-state index contributed by atoms with van der Waals surface area (Å²) in [6.07, 6.45) is 2.98. The molecule has 1 aromatic heterocycles. The van der Waals surface area contributed by atoms with Crippen LogP contribution in [-0.4, -0.2) is 9.55 Å². The molecule has 1 heterocycles. The number of imidazole rings is 1. The highest BCUT2D eigenvalue weighted by atomic mass is 15.1. The number of nitriles is 1. The number of nitrogens with zero attached hydrogens (tertiary/aromatic N) is 3. The van der Waals surface area contributed by atoms with Crippen molar-refractivity contribution in [3.63, 3.8) is 0 Å². The molecule has 0 N–H and O–H groups in total. The van der Waals surface area contributed by atoms with Gasteiger partial charge in [0.1, 0.15) is 5.82 Å². The standard InChI is InChI=1S/C11H15N3/c1-3-14-8(2)10(6-7-12)13-11(14)9-4-5-9/h9H,3-6H2,1-2H3. The van der Waals surface area contributed by atoms with Crippen LogP contribution in [0.15, 0.2) is 0 Å². The summed E-state index contributed by atoms with van der Waals surface area (Å²) in [6.45, 7) is 5.17. The van der Waals surface area contributed by atoms with E-state index in [1.165, 1.54) is 24.4 Å². The van der Waals surface area contributed by atoms with Crippen LogP contribution in [-0.2, 0) is 13.0 Å². The summed E-state index contributed by atoms with van der Waals surface area (Å²) in [7, 11) is 0. The van der Waals surface area contributed by atoms with E-state index >= 15 is 0 Å². The van der Waals surface area contributed by atoms with Gasteiger partial charge in [-0.05, 0) is 26.7 Å². The van der Waals surface area contributed by atoms with Gasteiger partial charge in [-0.25, -0.2) is 4.98 Å². The van der Waals surface area contributed by atoms with Gasteiger partial charge in [0.2, 0.25) is 0 Å². The third kappa shape index (κ3) is 1.41. The Morgan fingerprint density at radius 3 is 2.79 bits per heavy atom. The summed E-state index contributed by atoms with van der Waals surface area (Å²) in [5.41, 5.74) is 2.15. The molecule has 0 unspecified atom stereocenters. The number of hydrogen-bond acceptors (Lipinski definition) is 2. The van der Waals surface area contributed by atoms with E-state index in [1.54, 1.807) is 0 Å². The van der Waals surface area contributed by atoms with Crippen LogP contribution < -0.4 is 0 Å². The van der Waals surface area contributed by atoms with E-state index in [0.717, 1.165) is 12.2 Å². The molecule has 3 nitrogen and oxygen atoms in total. The normalized spacial score (nSPS) is 15.5. The highest BCUT2D eigenvalue weighted by Gasteiger charge is 2.29.